The maximum Gasteiger partial charge on any atom is 0.326 e. The summed E-state index contributed by atoms with van der Waals surface area (Å²) in [5, 5.41) is 6.22. The molecule has 0 aliphatic rings. The minimum absolute atomic E-state index is 0.312. The molecule has 0 aliphatic carbocycles. The van der Waals surface area contributed by atoms with Crippen LogP contribution in [0, 0.1) is 0 Å². The molecule has 0 aromatic carbocycles. The number of rotatable bonds is 6. The van der Waals surface area contributed by atoms with Gasteiger partial charge >= 0.3 is 5.97 Å². The van der Waals surface area contributed by atoms with Gasteiger partial charge in [-0.1, -0.05) is 0 Å². The third-order valence-electron chi connectivity index (χ3n) is 1.61. The summed E-state index contributed by atoms with van der Waals surface area (Å²) < 4.78 is 6.44. The van der Waals surface area contributed by atoms with Crippen molar-refractivity contribution in [1.29, 1.82) is 1.43 Å². The topological polar surface area (TPSA) is 92.4 Å². The van der Waals surface area contributed by atoms with E-state index in [4.69, 9.17) is 7.16 Å². The van der Waals surface area contributed by atoms with Gasteiger partial charge in [0.05, 0.1) is 0 Å². The van der Waals surface area contributed by atoms with Crippen LogP contribution in [-0.2, 0) is 9.59 Å². The molecule has 0 rings (SSSR count). The van der Waals surface area contributed by atoms with Gasteiger partial charge in [-0.3, -0.25) is 4.79 Å². The predicted octanol–water partition coefficient (Wildman–Crippen LogP) is -0.295. The van der Waals surface area contributed by atoms with E-state index in [1.54, 1.807) is 0 Å². The molecule has 13 heavy (non-hydrogen) atoms. The second kappa shape index (κ2) is 6.42. The molecule has 0 saturated carbocycles. The Balaban J connectivity index is 3.97. The SMILES string of the molecule is [2H]OC(=O)[C@H](CCCCN)NC(C)=O. The Labute approximate surface area is 78.8 Å². The highest BCUT2D eigenvalue weighted by atomic mass is 16.4. The van der Waals surface area contributed by atoms with Crippen LogP contribution in [0.3, 0.4) is 0 Å². The highest BCUT2D eigenvalue weighted by molar-refractivity contribution is 5.81. The molecule has 5 heteroatoms. The lowest BCUT2D eigenvalue weighted by Gasteiger charge is -2.12. The van der Waals surface area contributed by atoms with Crippen molar-refractivity contribution in [3.05, 3.63) is 0 Å². The lowest BCUT2D eigenvalue weighted by molar-refractivity contribution is -0.141. The van der Waals surface area contributed by atoms with E-state index in [0.717, 1.165) is 12.8 Å². The standard InChI is InChI=1S/C8H16N2O3/c1-6(11)10-7(8(12)13)4-2-3-5-9/h7H,2-5,9H2,1H3,(H,10,11)(H,12,13)/t7-/m0/s1/i/hD. The Morgan fingerprint density at radius 1 is 1.62 bits per heavy atom. The first kappa shape index (κ1) is 9.98. The Morgan fingerprint density at radius 3 is 2.77 bits per heavy atom. The number of carbonyl (C=O) groups is 2. The monoisotopic (exact) mass is 189 g/mol. The van der Waals surface area contributed by atoms with Crippen LogP contribution < -0.4 is 11.1 Å². The van der Waals surface area contributed by atoms with Gasteiger partial charge in [0, 0.05) is 6.92 Å². The molecule has 5 nitrogen and oxygen atoms in total. The fourth-order valence-electron chi connectivity index (χ4n) is 0.987. The van der Waals surface area contributed by atoms with E-state index in [0.29, 0.717) is 13.0 Å². The number of carboxylic acids is 1. The molecule has 0 spiro atoms. The molecule has 1 atom stereocenters. The number of hydrogen-bond donors (Lipinski definition) is 3. The normalized spacial score (nSPS) is 12.9. The predicted molar refractivity (Wildman–Crippen MR) is 48.1 cm³/mol. The summed E-state index contributed by atoms with van der Waals surface area (Å²) in [6, 6.07) is -0.725. The Bertz CT molecular complexity index is 199. The number of carboxylic acid groups (broad SMARTS) is 1. The van der Waals surface area contributed by atoms with Gasteiger partial charge in [-0.25, -0.2) is 4.79 Å². The fourth-order valence-corrected chi connectivity index (χ4v) is 0.987. The van der Waals surface area contributed by atoms with Gasteiger partial charge in [0.25, 0.3) is 1.43 Å². The van der Waals surface area contributed by atoms with Crippen molar-refractivity contribution >= 4 is 11.9 Å². The van der Waals surface area contributed by atoms with Gasteiger partial charge in [-0.05, 0) is 25.8 Å². The summed E-state index contributed by atoms with van der Waals surface area (Å²) in [5.74, 6) is -1.05. The van der Waals surface area contributed by atoms with E-state index in [1.165, 1.54) is 6.92 Å². The Morgan fingerprint density at radius 2 is 2.31 bits per heavy atom. The number of hydrogen-bond acceptors (Lipinski definition) is 4. The third kappa shape index (κ3) is 6.10. The fraction of sp³-hybridized carbons (Fsp3) is 0.750. The van der Waals surface area contributed by atoms with Crippen molar-refractivity contribution in [3.63, 3.8) is 0 Å². The van der Waals surface area contributed by atoms with Crippen LogP contribution in [0.15, 0.2) is 0 Å². The minimum atomic E-state index is -0.739. The Kier molecular flexibility index (Phi) is 4.93. The molecular formula is C8H16N2O3. The maximum absolute atomic E-state index is 11.0. The minimum Gasteiger partial charge on any atom is -0.480 e. The highest BCUT2D eigenvalue weighted by Gasteiger charge is 2.16. The maximum atomic E-state index is 11.0. The first-order valence-electron chi connectivity index (χ1n) is 4.66. The van der Waals surface area contributed by atoms with Gasteiger partial charge in [0.2, 0.25) is 5.91 Å². The van der Waals surface area contributed by atoms with E-state index < -0.39 is 12.0 Å². The van der Waals surface area contributed by atoms with E-state index >= 15 is 0 Å². The molecule has 0 aromatic rings. The number of nitrogens with one attached hydrogen (secondary N) is 1. The lowest BCUT2D eigenvalue weighted by Crippen LogP contribution is -2.39. The Hall–Kier alpha value is -1.10. The van der Waals surface area contributed by atoms with Crippen LogP contribution in [0.2, 0.25) is 0 Å². The smallest absolute Gasteiger partial charge is 0.326 e. The lowest BCUT2D eigenvalue weighted by atomic mass is 10.1. The summed E-state index contributed by atoms with van der Waals surface area (Å²) in [6.07, 6.45) is 1.95. The number of unbranched alkanes of at least 4 members (excludes halogenated alkanes) is 1. The van der Waals surface area contributed by atoms with Gasteiger partial charge in [0.15, 0.2) is 0 Å². The van der Waals surface area contributed by atoms with Crippen LogP contribution >= 0.6 is 0 Å². The second-order valence-electron chi connectivity index (χ2n) is 2.86. The van der Waals surface area contributed by atoms with Crippen LogP contribution in [-0.4, -0.2) is 29.6 Å². The third-order valence-corrected chi connectivity index (χ3v) is 1.61. The average Bonchev–Trinajstić information content (AvgIpc) is 2.15. The molecule has 76 valence electrons. The van der Waals surface area contributed by atoms with E-state index in [-0.39, 0.29) is 5.91 Å². The molecule has 0 unspecified atom stereocenters. The number of aliphatic carboxylic acids is 1. The molecule has 0 bridgehead atoms. The van der Waals surface area contributed by atoms with E-state index in [2.05, 4.69) is 10.4 Å². The van der Waals surface area contributed by atoms with Crippen molar-refractivity contribution in [1.82, 2.24) is 5.32 Å². The molecule has 0 heterocycles. The molecular weight excluding hydrogens is 172 g/mol. The molecule has 1 amide bonds. The molecule has 0 saturated heterocycles. The van der Waals surface area contributed by atoms with Crippen LogP contribution in [0.5, 0.6) is 0 Å². The summed E-state index contributed by atoms with van der Waals surface area (Å²) in [7, 11) is 0. The molecule has 0 fully saturated rings. The van der Waals surface area contributed by atoms with Crippen LogP contribution in [0.1, 0.15) is 26.2 Å². The summed E-state index contributed by atoms with van der Waals surface area (Å²) in [5.41, 5.74) is 5.28. The van der Waals surface area contributed by atoms with Crippen LogP contribution in [0.25, 0.3) is 1.43 Å². The molecule has 0 aromatic heterocycles. The zero-order valence-electron chi connectivity index (χ0n) is 8.71. The van der Waals surface area contributed by atoms with Crippen molar-refractivity contribution < 1.29 is 14.7 Å². The molecule has 0 aliphatic heterocycles. The molecule has 0 radical (unpaired) electrons. The highest BCUT2D eigenvalue weighted by Crippen LogP contribution is 2.00. The van der Waals surface area contributed by atoms with Crippen molar-refractivity contribution in [3.8, 4) is 0 Å². The summed E-state index contributed by atoms with van der Waals surface area (Å²) in [6.45, 7) is 1.86. The van der Waals surface area contributed by atoms with Gasteiger partial charge in [0.1, 0.15) is 6.04 Å². The van der Waals surface area contributed by atoms with Gasteiger partial charge in [-0.2, -0.15) is 0 Å². The number of carbonyl (C=O) groups excluding carboxylic acids is 1. The summed E-state index contributed by atoms with van der Waals surface area (Å²) >= 11 is 0. The van der Waals surface area contributed by atoms with Gasteiger partial charge in [-0.15, -0.1) is 0 Å². The van der Waals surface area contributed by atoms with Crippen LogP contribution in [0.4, 0.5) is 0 Å². The van der Waals surface area contributed by atoms with Gasteiger partial charge < -0.3 is 16.2 Å². The molecule has 4 N–H and O–H groups in total. The van der Waals surface area contributed by atoms with Crippen molar-refractivity contribution in [2.24, 2.45) is 5.73 Å². The number of nitrogens with two attached hydrogens (primary N) is 1. The second-order valence-corrected chi connectivity index (χ2v) is 2.86. The average molecular weight is 189 g/mol. The van der Waals surface area contributed by atoms with E-state index in [1.807, 2.05) is 0 Å². The zero-order valence-corrected chi connectivity index (χ0v) is 7.71. The largest absolute Gasteiger partial charge is 0.480 e. The van der Waals surface area contributed by atoms with Crippen molar-refractivity contribution in [2.45, 2.75) is 32.2 Å². The zero-order chi connectivity index (χ0) is 11.0. The first-order chi connectivity index (χ1) is 6.61. The number of amides is 1. The first-order valence-corrected chi connectivity index (χ1v) is 4.26. The van der Waals surface area contributed by atoms with Crippen molar-refractivity contribution in [2.75, 3.05) is 6.54 Å². The van der Waals surface area contributed by atoms with E-state index in [9.17, 15) is 9.59 Å². The quantitative estimate of drug-likeness (QED) is 0.500. The summed E-state index contributed by atoms with van der Waals surface area (Å²) in [4.78, 5) is 21.7.